The van der Waals surface area contributed by atoms with E-state index in [4.69, 9.17) is 9.26 Å². The summed E-state index contributed by atoms with van der Waals surface area (Å²) in [6, 6.07) is 11.9. The standard InChI is InChI=1S/C21H20N4O5/c1-14-4-6-15(7-5-14)20-22-19(30-23-20)13-29-21(26)17-12-16(25(27)28)8-9-18(17)24-10-2-3-11-24/h4-9,12H,2-3,10-11,13H2,1H3. The molecule has 0 aliphatic carbocycles. The quantitative estimate of drug-likeness (QED) is 0.343. The zero-order valence-corrected chi connectivity index (χ0v) is 16.4. The fraction of sp³-hybridized carbons (Fsp3) is 0.286. The van der Waals surface area contributed by atoms with E-state index in [0.29, 0.717) is 11.5 Å². The van der Waals surface area contributed by atoms with Crippen LogP contribution in [-0.4, -0.2) is 34.1 Å². The molecule has 9 nitrogen and oxygen atoms in total. The molecular formula is C21H20N4O5. The van der Waals surface area contributed by atoms with Crippen LogP contribution in [0.15, 0.2) is 47.0 Å². The smallest absolute Gasteiger partial charge is 0.341 e. The van der Waals surface area contributed by atoms with Gasteiger partial charge in [-0.3, -0.25) is 10.1 Å². The van der Waals surface area contributed by atoms with Gasteiger partial charge in [-0.05, 0) is 25.8 Å². The van der Waals surface area contributed by atoms with Gasteiger partial charge in [0.1, 0.15) is 0 Å². The molecule has 0 unspecified atom stereocenters. The van der Waals surface area contributed by atoms with Crippen molar-refractivity contribution in [2.75, 3.05) is 18.0 Å². The zero-order valence-electron chi connectivity index (χ0n) is 16.4. The number of nitro benzene ring substituents is 1. The van der Waals surface area contributed by atoms with Crippen molar-refractivity contribution in [1.82, 2.24) is 10.1 Å². The number of aromatic nitrogens is 2. The molecule has 0 saturated carbocycles. The van der Waals surface area contributed by atoms with Gasteiger partial charge < -0.3 is 14.2 Å². The molecule has 1 saturated heterocycles. The lowest BCUT2D eigenvalue weighted by Crippen LogP contribution is -2.21. The fourth-order valence-electron chi connectivity index (χ4n) is 3.37. The first kappa shape index (κ1) is 19.6. The Hall–Kier alpha value is -3.75. The monoisotopic (exact) mass is 408 g/mol. The van der Waals surface area contributed by atoms with Gasteiger partial charge in [0.25, 0.3) is 11.6 Å². The predicted molar refractivity (Wildman–Crippen MR) is 108 cm³/mol. The Labute approximate surface area is 172 Å². The molecule has 1 fully saturated rings. The van der Waals surface area contributed by atoms with E-state index >= 15 is 0 Å². The van der Waals surface area contributed by atoms with Crippen molar-refractivity contribution in [2.24, 2.45) is 0 Å². The summed E-state index contributed by atoms with van der Waals surface area (Å²) in [5.41, 5.74) is 2.53. The molecule has 4 rings (SSSR count). The molecular weight excluding hydrogens is 388 g/mol. The SMILES string of the molecule is Cc1ccc(-c2noc(COC(=O)c3cc([N+](=O)[O-])ccc3N3CCCC3)n2)cc1. The second-order valence-corrected chi connectivity index (χ2v) is 7.11. The average molecular weight is 408 g/mol. The normalized spacial score (nSPS) is 13.4. The second kappa shape index (κ2) is 8.32. The summed E-state index contributed by atoms with van der Waals surface area (Å²) in [7, 11) is 0. The molecule has 0 N–H and O–H groups in total. The molecule has 2 heterocycles. The van der Waals surface area contributed by atoms with Crippen molar-refractivity contribution in [2.45, 2.75) is 26.4 Å². The minimum absolute atomic E-state index is 0.145. The molecule has 0 atom stereocenters. The number of nitrogens with zero attached hydrogens (tertiary/aromatic N) is 4. The number of non-ortho nitro benzene ring substituents is 1. The maximum Gasteiger partial charge on any atom is 0.341 e. The third-order valence-corrected chi connectivity index (χ3v) is 4.96. The van der Waals surface area contributed by atoms with Crippen LogP contribution in [0.4, 0.5) is 11.4 Å². The maximum atomic E-state index is 12.7. The summed E-state index contributed by atoms with van der Waals surface area (Å²) in [6.45, 7) is 3.35. The van der Waals surface area contributed by atoms with Gasteiger partial charge in [-0.15, -0.1) is 0 Å². The lowest BCUT2D eigenvalue weighted by molar-refractivity contribution is -0.384. The van der Waals surface area contributed by atoms with Gasteiger partial charge in [-0.1, -0.05) is 35.0 Å². The summed E-state index contributed by atoms with van der Waals surface area (Å²) >= 11 is 0. The molecule has 0 spiro atoms. The zero-order chi connectivity index (χ0) is 21.1. The van der Waals surface area contributed by atoms with Crippen LogP contribution in [0, 0.1) is 17.0 Å². The van der Waals surface area contributed by atoms with E-state index in [1.54, 1.807) is 6.07 Å². The van der Waals surface area contributed by atoms with Gasteiger partial charge in [0.15, 0.2) is 6.61 Å². The largest absolute Gasteiger partial charge is 0.452 e. The Morgan fingerprint density at radius 2 is 1.93 bits per heavy atom. The van der Waals surface area contributed by atoms with Crippen LogP contribution in [0.1, 0.15) is 34.7 Å². The van der Waals surface area contributed by atoms with E-state index in [9.17, 15) is 14.9 Å². The third kappa shape index (κ3) is 4.14. The number of ether oxygens (including phenoxy) is 1. The molecule has 1 aliphatic heterocycles. The highest BCUT2D eigenvalue weighted by Crippen LogP contribution is 2.29. The highest BCUT2D eigenvalue weighted by molar-refractivity contribution is 5.96. The number of hydrogen-bond donors (Lipinski definition) is 0. The van der Waals surface area contributed by atoms with Gasteiger partial charge in [0, 0.05) is 30.8 Å². The van der Waals surface area contributed by atoms with Crippen molar-refractivity contribution < 1.29 is 19.0 Å². The maximum absolute atomic E-state index is 12.7. The van der Waals surface area contributed by atoms with Crippen molar-refractivity contribution >= 4 is 17.3 Å². The van der Waals surface area contributed by atoms with Gasteiger partial charge >= 0.3 is 5.97 Å². The molecule has 154 valence electrons. The molecule has 3 aromatic rings. The summed E-state index contributed by atoms with van der Waals surface area (Å²) < 4.78 is 10.5. The number of carbonyl (C=O) groups is 1. The second-order valence-electron chi connectivity index (χ2n) is 7.11. The van der Waals surface area contributed by atoms with Crippen LogP contribution in [0.2, 0.25) is 0 Å². The van der Waals surface area contributed by atoms with Gasteiger partial charge in [0.2, 0.25) is 5.82 Å². The summed E-state index contributed by atoms with van der Waals surface area (Å²) in [4.78, 5) is 29.6. The summed E-state index contributed by atoms with van der Waals surface area (Å²) in [6.07, 6.45) is 2.02. The number of anilines is 1. The van der Waals surface area contributed by atoms with Crippen LogP contribution in [-0.2, 0) is 11.3 Å². The fourth-order valence-corrected chi connectivity index (χ4v) is 3.37. The minimum Gasteiger partial charge on any atom is -0.452 e. The first-order valence-electron chi connectivity index (χ1n) is 9.61. The first-order chi connectivity index (χ1) is 14.5. The van der Waals surface area contributed by atoms with Crippen molar-refractivity contribution in [3.63, 3.8) is 0 Å². The van der Waals surface area contributed by atoms with Gasteiger partial charge in [-0.2, -0.15) is 4.98 Å². The lowest BCUT2D eigenvalue weighted by Gasteiger charge is -2.20. The van der Waals surface area contributed by atoms with E-state index in [-0.39, 0.29) is 23.7 Å². The highest BCUT2D eigenvalue weighted by Gasteiger charge is 2.24. The molecule has 2 aromatic carbocycles. The van der Waals surface area contributed by atoms with Crippen LogP contribution in [0.3, 0.4) is 0 Å². The van der Waals surface area contributed by atoms with Gasteiger partial charge in [-0.25, -0.2) is 4.79 Å². The number of rotatable bonds is 6. The molecule has 0 amide bonds. The van der Waals surface area contributed by atoms with Crippen LogP contribution >= 0.6 is 0 Å². The number of benzene rings is 2. The predicted octanol–water partition coefficient (Wildman–Crippen LogP) is 3.91. The van der Waals surface area contributed by atoms with E-state index < -0.39 is 10.9 Å². The average Bonchev–Trinajstić information content (AvgIpc) is 3.44. The first-order valence-corrected chi connectivity index (χ1v) is 9.61. The third-order valence-electron chi connectivity index (χ3n) is 4.96. The van der Waals surface area contributed by atoms with Crippen molar-refractivity contribution in [3.05, 3.63) is 69.6 Å². The molecule has 30 heavy (non-hydrogen) atoms. The summed E-state index contributed by atoms with van der Waals surface area (Å²) in [5, 5.41) is 15.1. The topological polar surface area (TPSA) is 112 Å². The Morgan fingerprint density at radius 3 is 2.63 bits per heavy atom. The Morgan fingerprint density at radius 1 is 1.20 bits per heavy atom. The Bertz CT molecular complexity index is 1070. The van der Waals surface area contributed by atoms with E-state index in [1.165, 1.54) is 12.1 Å². The minimum atomic E-state index is -0.671. The Balaban J connectivity index is 1.50. The number of hydrogen-bond acceptors (Lipinski definition) is 8. The molecule has 1 aliphatic rings. The van der Waals surface area contributed by atoms with Gasteiger partial charge in [0.05, 0.1) is 16.2 Å². The highest BCUT2D eigenvalue weighted by atomic mass is 16.6. The molecule has 0 bridgehead atoms. The van der Waals surface area contributed by atoms with Crippen LogP contribution in [0.25, 0.3) is 11.4 Å². The van der Waals surface area contributed by atoms with Crippen LogP contribution < -0.4 is 4.90 Å². The van der Waals surface area contributed by atoms with Crippen molar-refractivity contribution in [3.8, 4) is 11.4 Å². The van der Waals surface area contributed by atoms with Crippen molar-refractivity contribution in [1.29, 1.82) is 0 Å². The number of aryl methyl sites for hydroxylation is 1. The van der Waals surface area contributed by atoms with E-state index in [0.717, 1.165) is 37.1 Å². The lowest BCUT2D eigenvalue weighted by atomic mass is 10.1. The number of esters is 1. The van der Waals surface area contributed by atoms with E-state index in [2.05, 4.69) is 10.1 Å². The summed E-state index contributed by atoms with van der Waals surface area (Å²) in [5.74, 6) is -0.128. The van der Waals surface area contributed by atoms with E-state index in [1.807, 2.05) is 36.1 Å². The molecule has 1 aromatic heterocycles. The molecule has 9 heteroatoms. The van der Waals surface area contributed by atoms with Crippen LogP contribution in [0.5, 0.6) is 0 Å². The number of nitro groups is 1. The Kier molecular flexibility index (Phi) is 5.42. The molecule has 0 radical (unpaired) electrons. The number of carbonyl (C=O) groups excluding carboxylic acids is 1.